The second-order valence-corrected chi connectivity index (χ2v) is 9.68. The van der Waals surface area contributed by atoms with Crippen LogP contribution in [0.25, 0.3) is 0 Å². The van der Waals surface area contributed by atoms with Gasteiger partial charge in [0.1, 0.15) is 0 Å². The van der Waals surface area contributed by atoms with Crippen molar-refractivity contribution in [2.75, 3.05) is 6.54 Å². The molecule has 1 N–H and O–H groups in total. The van der Waals surface area contributed by atoms with Crippen LogP contribution in [0.5, 0.6) is 0 Å². The molecule has 1 fully saturated rings. The molecule has 0 aliphatic heterocycles. The summed E-state index contributed by atoms with van der Waals surface area (Å²) < 4.78 is 2.41. The lowest BCUT2D eigenvalue weighted by Gasteiger charge is -2.39. The summed E-state index contributed by atoms with van der Waals surface area (Å²) in [6, 6.07) is 2.81. The molecule has 20 heavy (non-hydrogen) atoms. The van der Waals surface area contributed by atoms with Crippen molar-refractivity contribution in [1.82, 2.24) is 5.32 Å². The van der Waals surface area contributed by atoms with Crippen LogP contribution in [0, 0.1) is 11.3 Å². The van der Waals surface area contributed by atoms with Gasteiger partial charge in [0.2, 0.25) is 0 Å². The molecule has 1 aliphatic carbocycles. The van der Waals surface area contributed by atoms with E-state index in [1.165, 1.54) is 45.2 Å². The molecule has 1 heterocycles. The predicted octanol–water partition coefficient (Wildman–Crippen LogP) is 6.53. The number of hydrogen-bond acceptors (Lipinski definition) is 2. The molecule has 2 rings (SSSR count). The van der Waals surface area contributed by atoms with Crippen LogP contribution in [0.2, 0.25) is 0 Å². The van der Waals surface area contributed by atoms with Gasteiger partial charge >= 0.3 is 0 Å². The molecule has 1 aromatic heterocycles. The SMILES string of the molecule is CCNC(c1cc(Br)c(Br)s1)C1(CC(C)C)CCCC1. The molecule has 1 nitrogen and oxygen atoms in total. The van der Waals surface area contributed by atoms with Crippen molar-refractivity contribution in [3.63, 3.8) is 0 Å². The van der Waals surface area contributed by atoms with Crippen LogP contribution < -0.4 is 5.32 Å². The quantitative estimate of drug-likeness (QED) is 0.549. The highest BCUT2D eigenvalue weighted by molar-refractivity contribution is 9.13. The van der Waals surface area contributed by atoms with Gasteiger partial charge in [-0.25, -0.2) is 0 Å². The molecule has 1 aromatic rings. The fourth-order valence-corrected chi connectivity index (χ4v) is 6.14. The lowest BCUT2D eigenvalue weighted by Crippen LogP contribution is -2.37. The van der Waals surface area contributed by atoms with Crippen molar-refractivity contribution in [3.05, 3.63) is 19.2 Å². The van der Waals surface area contributed by atoms with Crippen LogP contribution in [0.1, 0.15) is 63.8 Å². The van der Waals surface area contributed by atoms with E-state index in [0.717, 1.165) is 12.5 Å². The summed E-state index contributed by atoms with van der Waals surface area (Å²) in [6.45, 7) is 7.99. The molecule has 1 unspecified atom stereocenters. The summed E-state index contributed by atoms with van der Waals surface area (Å²) in [5, 5.41) is 3.80. The Morgan fingerprint density at radius 3 is 2.40 bits per heavy atom. The third-order valence-electron chi connectivity index (χ3n) is 4.38. The highest BCUT2D eigenvalue weighted by atomic mass is 79.9. The summed E-state index contributed by atoms with van der Waals surface area (Å²) in [6.07, 6.45) is 6.86. The van der Waals surface area contributed by atoms with E-state index < -0.39 is 0 Å². The average Bonchev–Trinajstić information content (AvgIpc) is 2.95. The number of rotatable bonds is 6. The monoisotopic (exact) mass is 421 g/mol. The van der Waals surface area contributed by atoms with E-state index in [-0.39, 0.29) is 0 Å². The van der Waals surface area contributed by atoms with Crippen LogP contribution in [0.3, 0.4) is 0 Å². The summed E-state index contributed by atoms with van der Waals surface area (Å²) >= 11 is 9.19. The molecule has 0 radical (unpaired) electrons. The summed E-state index contributed by atoms with van der Waals surface area (Å²) in [4.78, 5) is 1.48. The lowest BCUT2D eigenvalue weighted by molar-refractivity contribution is 0.159. The molecule has 1 saturated carbocycles. The Morgan fingerprint density at radius 1 is 1.30 bits per heavy atom. The minimum atomic E-state index is 0.452. The van der Waals surface area contributed by atoms with Gasteiger partial charge in [0, 0.05) is 15.4 Å². The van der Waals surface area contributed by atoms with E-state index in [0.29, 0.717) is 11.5 Å². The van der Waals surface area contributed by atoms with Crippen molar-refractivity contribution >= 4 is 43.2 Å². The number of nitrogens with one attached hydrogen (secondary N) is 1. The van der Waals surface area contributed by atoms with E-state index in [2.05, 4.69) is 64.0 Å². The summed E-state index contributed by atoms with van der Waals surface area (Å²) in [5.41, 5.74) is 0.452. The Morgan fingerprint density at radius 2 is 1.95 bits per heavy atom. The minimum absolute atomic E-state index is 0.452. The van der Waals surface area contributed by atoms with Crippen LogP contribution in [-0.2, 0) is 0 Å². The maximum Gasteiger partial charge on any atom is 0.0843 e. The Labute approximate surface area is 144 Å². The van der Waals surface area contributed by atoms with Gasteiger partial charge in [-0.15, -0.1) is 11.3 Å². The van der Waals surface area contributed by atoms with E-state index in [4.69, 9.17) is 0 Å². The number of hydrogen-bond donors (Lipinski definition) is 1. The van der Waals surface area contributed by atoms with Gasteiger partial charge in [-0.1, -0.05) is 33.6 Å². The fraction of sp³-hybridized carbons (Fsp3) is 0.750. The van der Waals surface area contributed by atoms with Crippen LogP contribution in [-0.4, -0.2) is 6.54 Å². The van der Waals surface area contributed by atoms with Gasteiger partial charge in [-0.3, -0.25) is 0 Å². The largest absolute Gasteiger partial charge is 0.309 e. The van der Waals surface area contributed by atoms with Gasteiger partial charge in [0.05, 0.1) is 3.79 Å². The standard InChI is InChI=1S/C16H25Br2NS/c1-4-19-14(13-9-12(17)15(18)20-13)16(10-11(2)3)7-5-6-8-16/h9,11,14,19H,4-8,10H2,1-3H3. The van der Waals surface area contributed by atoms with Gasteiger partial charge in [-0.05, 0) is 75.1 Å². The predicted molar refractivity (Wildman–Crippen MR) is 96.5 cm³/mol. The maximum absolute atomic E-state index is 3.80. The Bertz CT molecular complexity index is 416. The molecule has 0 bridgehead atoms. The highest BCUT2D eigenvalue weighted by Crippen LogP contribution is 2.53. The Kier molecular flexibility index (Phi) is 6.16. The third kappa shape index (κ3) is 3.68. The average molecular weight is 423 g/mol. The first-order valence-corrected chi connectivity index (χ1v) is 10.1. The van der Waals surface area contributed by atoms with E-state index >= 15 is 0 Å². The highest BCUT2D eigenvalue weighted by Gasteiger charge is 2.42. The first-order valence-electron chi connectivity index (χ1n) is 7.66. The van der Waals surface area contributed by atoms with Gasteiger partial charge in [0.15, 0.2) is 0 Å². The molecule has 0 spiro atoms. The van der Waals surface area contributed by atoms with Crippen LogP contribution in [0.15, 0.2) is 14.3 Å². The second kappa shape index (κ2) is 7.26. The minimum Gasteiger partial charge on any atom is -0.309 e. The number of halogens is 2. The Balaban J connectivity index is 2.33. The molecule has 1 atom stereocenters. The summed E-state index contributed by atoms with van der Waals surface area (Å²) in [7, 11) is 0. The van der Waals surface area contributed by atoms with Gasteiger partial charge in [-0.2, -0.15) is 0 Å². The molecule has 0 aromatic carbocycles. The second-order valence-electron chi connectivity index (χ2n) is 6.43. The number of thiophene rings is 1. The van der Waals surface area contributed by atoms with E-state index in [1.54, 1.807) is 0 Å². The van der Waals surface area contributed by atoms with Crippen molar-refractivity contribution < 1.29 is 0 Å². The fourth-order valence-electron chi connectivity index (χ4n) is 3.83. The molecular formula is C16H25Br2NS. The lowest BCUT2D eigenvalue weighted by atomic mass is 9.72. The smallest absolute Gasteiger partial charge is 0.0843 e. The molecule has 4 heteroatoms. The topological polar surface area (TPSA) is 12.0 Å². The van der Waals surface area contributed by atoms with Crippen LogP contribution >= 0.6 is 43.2 Å². The van der Waals surface area contributed by atoms with Crippen molar-refractivity contribution in [3.8, 4) is 0 Å². The molecule has 0 amide bonds. The van der Waals surface area contributed by atoms with E-state index in [1.807, 2.05) is 11.3 Å². The van der Waals surface area contributed by atoms with Crippen molar-refractivity contribution in [2.24, 2.45) is 11.3 Å². The molecular weight excluding hydrogens is 398 g/mol. The first-order chi connectivity index (χ1) is 9.48. The first kappa shape index (κ1) is 17.0. The van der Waals surface area contributed by atoms with Gasteiger partial charge < -0.3 is 5.32 Å². The van der Waals surface area contributed by atoms with Gasteiger partial charge in [0.25, 0.3) is 0 Å². The maximum atomic E-state index is 3.80. The van der Waals surface area contributed by atoms with Crippen molar-refractivity contribution in [2.45, 2.75) is 58.9 Å². The zero-order chi connectivity index (χ0) is 14.8. The molecule has 0 saturated heterocycles. The zero-order valence-electron chi connectivity index (χ0n) is 12.6. The van der Waals surface area contributed by atoms with Crippen LogP contribution in [0.4, 0.5) is 0 Å². The molecule has 114 valence electrons. The normalized spacial score (nSPS) is 19.7. The Hall–Kier alpha value is 0.620. The van der Waals surface area contributed by atoms with Crippen molar-refractivity contribution in [1.29, 1.82) is 0 Å². The zero-order valence-corrected chi connectivity index (χ0v) is 16.6. The summed E-state index contributed by atoms with van der Waals surface area (Å²) in [5.74, 6) is 0.765. The van der Waals surface area contributed by atoms with E-state index in [9.17, 15) is 0 Å². The molecule has 1 aliphatic rings. The third-order valence-corrected chi connectivity index (χ3v) is 7.70.